The smallest absolute Gasteiger partial charge is 0.318 e. The molecule has 0 spiro atoms. The number of hydrogen-bond acceptors (Lipinski definition) is 3. The third kappa shape index (κ3) is 2.53. The van der Waals surface area contributed by atoms with Crippen molar-refractivity contribution >= 4 is 11.8 Å². The fourth-order valence-electron chi connectivity index (χ4n) is 1.47. The van der Waals surface area contributed by atoms with Gasteiger partial charge in [0, 0.05) is 12.5 Å². The molecule has 0 fully saturated rings. The molecule has 0 amide bonds. The fraction of sp³-hybridized carbons (Fsp3) is 0.167. The lowest BCUT2D eigenvalue weighted by Gasteiger charge is -2.12. The number of benzene rings is 1. The first kappa shape index (κ1) is 9.65. The maximum Gasteiger partial charge on any atom is 0.318 e. The topological polar surface area (TPSA) is 43.4 Å². The molecule has 1 aromatic carbocycles. The maximum absolute atomic E-state index is 11.1. The molecule has 0 radical (unpaired) electrons. The second-order valence-electron chi connectivity index (χ2n) is 3.39. The van der Waals surface area contributed by atoms with Gasteiger partial charge in [-0.05, 0) is 5.56 Å². The summed E-state index contributed by atoms with van der Waals surface area (Å²) in [5.74, 6) is -0.215. The number of rotatable bonds is 2. The number of hydrogen-bond donors (Lipinski definition) is 0. The summed E-state index contributed by atoms with van der Waals surface area (Å²) in [6.45, 7) is 0. The van der Waals surface area contributed by atoms with E-state index in [2.05, 4.69) is 0 Å². The van der Waals surface area contributed by atoms with Gasteiger partial charge in [0.1, 0.15) is 12.2 Å². The van der Waals surface area contributed by atoms with Gasteiger partial charge < -0.3 is 4.74 Å². The number of ether oxygens (including phenoxy) is 1. The van der Waals surface area contributed by atoms with E-state index in [0.717, 1.165) is 5.56 Å². The van der Waals surface area contributed by atoms with Crippen molar-refractivity contribution < 1.29 is 14.3 Å². The Bertz CT molecular complexity index is 418. The lowest BCUT2D eigenvalue weighted by Crippen LogP contribution is -2.17. The van der Waals surface area contributed by atoms with E-state index in [1.807, 2.05) is 30.3 Å². The van der Waals surface area contributed by atoms with Gasteiger partial charge in [-0.3, -0.25) is 9.59 Å². The Balaban J connectivity index is 2.13. The van der Waals surface area contributed by atoms with Crippen LogP contribution in [-0.2, 0) is 20.7 Å². The molecule has 1 aliphatic rings. The SMILES string of the molecule is O=C1C=C(Cc2ccccc2)OC(=O)C1. The highest BCUT2D eigenvalue weighted by molar-refractivity contribution is 6.04. The Kier molecular flexibility index (Phi) is 2.63. The van der Waals surface area contributed by atoms with Crippen molar-refractivity contribution in [1.29, 1.82) is 0 Å². The Labute approximate surface area is 87.4 Å². The highest BCUT2D eigenvalue weighted by Crippen LogP contribution is 2.14. The molecule has 0 bridgehead atoms. The summed E-state index contributed by atoms with van der Waals surface area (Å²) >= 11 is 0. The summed E-state index contributed by atoms with van der Waals surface area (Å²) in [6.07, 6.45) is 1.74. The summed E-state index contributed by atoms with van der Waals surface area (Å²) in [4.78, 5) is 22.1. The molecular weight excluding hydrogens is 192 g/mol. The molecule has 0 saturated heterocycles. The monoisotopic (exact) mass is 202 g/mol. The van der Waals surface area contributed by atoms with E-state index in [1.165, 1.54) is 6.08 Å². The Morgan fingerprint density at radius 2 is 1.87 bits per heavy atom. The first-order valence-electron chi connectivity index (χ1n) is 4.72. The minimum Gasteiger partial charge on any atom is -0.430 e. The van der Waals surface area contributed by atoms with Crippen LogP contribution in [0.4, 0.5) is 0 Å². The summed E-state index contributed by atoms with van der Waals surface area (Å²) in [6, 6.07) is 9.57. The third-order valence-corrected chi connectivity index (χ3v) is 2.11. The van der Waals surface area contributed by atoms with Crippen LogP contribution in [0.25, 0.3) is 0 Å². The van der Waals surface area contributed by atoms with E-state index in [-0.39, 0.29) is 12.2 Å². The number of cyclic esters (lactones) is 1. The van der Waals surface area contributed by atoms with Crippen LogP contribution in [0.2, 0.25) is 0 Å². The van der Waals surface area contributed by atoms with Crippen molar-refractivity contribution in [3.63, 3.8) is 0 Å². The molecule has 0 unspecified atom stereocenters. The predicted octanol–water partition coefficient (Wildman–Crippen LogP) is 1.63. The quantitative estimate of drug-likeness (QED) is 0.540. The molecule has 1 aromatic rings. The first-order valence-corrected chi connectivity index (χ1v) is 4.72. The van der Waals surface area contributed by atoms with Crippen LogP contribution in [0.5, 0.6) is 0 Å². The maximum atomic E-state index is 11.1. The molecule has 0 N–H and O–H groups in total. The summed E-state index contributed by atoms with van der Waals surface area (Å²) in [7, 11) is 0. The zero-order chi connectivity index (χ0) is 10.7. The largest absolute Gasteiger partial charge is 0.430 e. The van der Waals surface area contributed by atoms with Gasteiger partial charge in [0.25, 0.3) is 0 Å². The average Bonchev–Trinajstić information content (AvgIpc) is 2.17. The van der Waals surface area contributed by atoms with Crippen LogP contribution in [0.15, 0.2) is 42.2 Å². The van der Waals surface area contributed by atoms with Crippen molar-refractivity contribution in [3.8, 4) is 0 Å². The van der Waals surface area contributed by atoms with Crippen LogP contribution in [0, 0.1) is 0 Å². The number of carbonyl (C=O) groups is 2. The van der Waals surface area contributed by atoms with E-state index >= 15 is 0 Å². The zero-order valence-electron chi connectivity index (χ0n) is 8.10. The summed E-state index contributed by atoms with van der Waals surface area (Å²) < 4.78 is 4.96. The van der Waals surface area contributed by atoms with Crippen LogP contribution < -0.4 is 0 Å². The molecule has 15 heavy (non-hydrogen) atoms. The first-order chi connectivity index (χ1) is 7.24. The highest BCUT2D eigenvalue weighted by atomic mass is 16.5. The number of carbonyl (C=O) groups excluding carboxylic acids is 2. The second-order valence-corrected chi connectivity index (χ2v) is 3.39. The molecular formula is C12H10O3. The van der Waals surface area contributed by atoms with Gasteiger partial charge in [-0.25, -0.2) is 0 Å². The van der Waals surface area contributed by atoms with E-state index < -0.39 is 5.97 Å². The summed E-state index contributed by atoms with van der Waals surface area (Å²) in [5.41, 5.74) is 1.02. The number of allylic oxidation sites excluding steroid dienone is 2. The van der Waals surface area contributed by atoms with Crippen LogP contribution in [0.3, 0.4) is 0 Å². The normalized spacial score (nSPS) is 15.9. The predicted molar refractivity (Wildman–Crippen MR) is 53.9 cm³/mol. The second kappa shape index (κ2) is 4.09. The molecule has 1 heterocycles. The van der Waals surface area contributed by atoms with Crippen LogP contribution >= 0.6 is 0 Å². The highest BCUT2D eigenvalue weighted by Gasteiger charge is 2.18. The third-order valence-electron chi connectivity index (χ3n) is 2.11. The zero-order valence-corrected chi connectivity index (χ0v) is 8.10. The molecule has 3 heteroatoms. The van der Waals surface area contributed by atoms with Crippen molar-refractivity contribution in [2.24, 2.45) is 0 Å². The molecule has 76 valence electrons. The summed E-state index contributed by atoms with van der Waals surface area (Å²) in [5, 5.41) is 0. The molecule has 0 aromatic heterocycles. The van der Waals surface area contributed by atoms with Gasteiger partial charge in [0.15, 0.2) is 5.78 Å². The number of ketones is 1. The Hall–Kier alpha value is -1.90. The molecule has 0 aliphatic carbocycles. The lowest BCUT2D eigenvalue weighted by atomic mass is 10.1. The van der Waals surface area contributed by atoms with Gasteiger partial charge in [-0.1, -0.05) is 30.3 Å². The van der Waals surface area contributed by atoms with Crippen molar-refractivity contribution in [2.45, 2.75) is 12.8 Å². The fourth-order valence-corrected chi connectivity index (χ4v) is 1.47. The van der Waals surface area contributed by atoms with E-state index in [0.29, 0.717) is 12.2 Å². The van der Waals surface area contributed by atoms with Crippen molar-refractivity contribution in [2.75, 3.05) is 0 Å². The van der Waals surface area contributed by atoms with E-state index in [9.17, 15) is 9.59 Å². The van der Waals surface area contributed by atoms with E-state index in [1.54, 1.807) is 0 Å². The Morgan fingerprint density at radius 3 is 2.53 bits per heavy atom. The minimum absolute atomic E-state index is 0.141. The van der Waals surface area contributed by atoms with Crippen LogP contribution in [-0.4, -0.2) is 11.8 Å². The standard InChI is InChI=1S/C12H10O3/c13-10-7-11(15-12(14)8-10)6-9-4-2-1-3-5-9/h1-5,7H,6,8H2. The van der Waals surface area contributed by atoms with E-state index in [4.69, 9.17) is 4.74 Å². The van der Waals surface area contributed by atoms with Crippen molar-refractivity contribution in [3.05, 3.63) is 47.7 Å². The molecule has 0 atom stereocenters. The van der Waals surface area contributed by atoms with Gasteiger partial charge in [-0.2, -0.15) is 0 Å². The van der Waals surface area contributed by atoms with Gasteiger partial charge in [-0.15, -0.1) is 0 Å². The van der Waals surface area contributed by atoms with Gasteiger partial charge in [0.05, 0.1) is 0 Å². The molecule has 1 aliphatic heterocycles. The molecule has 2 rings (SSSR count). The van der Waals surface area contributed by atoms with Crippen molar-refractivity contribution in [1.82, 2.24) is 0 Å². The van der Waals surface area contributed by atoms with Gasteiger partial charge in [0.2, 0.25) is 0 Å². The Morgan fingerprint density at radius 1 is 1.13 bits per heavy atom. The number of esters is 1. The molecule has 0 saturated carbocycles. The average molecular weight is 202 g/mol. The lowest BCUT2D eigenvalue weighted by molar-refractivity contribution is -0.143. The minimum atomic E-state index is -0.464. The van der Waals surface area contributed by atoms with Crippen LogP contribution in [0.1, 0.15) is 12.0 Å². The van der Waals surface area contributed by atoms with Gasteiger partial charge >= 0.3 is 5.97 Å². The molecule has 3 nitrogen and oxygen atoms in total.